The van der Waals surface area contributed by atoms with Gasteiger partial charge in [0.2, 0.25) is 0 Å². The van der Waals surface area contributed by atoms with Crippen molar-refractivity contribution in [2.45, 2.75) is 14.2 Å². The van der Waals surface area contributed by atoms with E-state index in [1.807, 2.05) is 34.9 Å². The molecule has 0 radical (unpaired) electrons. The van der Waals surface area contributed by atoms with Crippen LogP contribution >= 0.6 is 25.5 Å². The monoisotopic (exact) mass is 453 g/mol. The molecular formula is C20H18Cl3Zr. The number of hydrogen-bond acceptors (Lipinski definition) is 0. The maximum atomic E-state index is 7.48. The van der Waals surface area contributed by atoms with Crippen LogP contribution in [0.15, 0.2) is 60.7 Å². The Bertz CT molecular complexity index is 924. The summed E-state index contributed by atoms with van der Waals surface area (Å²) in [6, 6.07) is 16.5. The van der Waals surface area contributed by atoms with Crippen LogP contribution in [0.3, 0.4) is 0 Å². The zero-order valence-corrected chi connectivity index (χ0v) is 18.0. The van der Waals surface area contributed by atoms with Gasteiger partial charge < -0.3 is 0 Å². The number of hydrogen-bond donors (Lipinski definition) is 0. The third-order valence-corrected chi connectivity index (χ3v) is 30.6. The molecule has 2 aromatic carbocycles. The first-order chi connectivity index (χ1) is 11.3. The zero-order valence-electron chi connectivity index (χ0n) is 13.3. The molecule has 0 aliphatic heterocycles. The van der Waals surface area contributed by atoms with Crippen molar-refractivity contribution in [1.29, 1.82) is 0 Å². The summed E-state index contributed by atoms with van der Waals surface area (Å²) in [7, 11) is 22.4. The van der Waals surface area contributed by atoms with Gasteiger partial charge in [-0.3, -0.25) is 0 Å². The predicted octanol–water partition coefficient (Wildman–Crippen LogP) is 7.03. The van der Waals surface area contributed by atoms with E-state index in [1.165, 1.54) is 0 Å². The average Bonchev–Trinajstić information content (AvgIpc) is 3.20. The molecule has 2 aromatic rings. The van der Waals surface area contributed by atoms with Gasteiger partial charge >= 0.3 is 152 Å². The molecule has 2 aliphatic carbocycles. The van der Waals surface area contributed by atoms with Gasteiger partial charge in [0, 0.05) is 0 Å². The van der Waals surface area contributed by atoms with Crippen LogP contribution in [-0.2, 0) is 13.2 Å². The minimum absolute atomic E-state index is 0.168. The van der Waals surface area contributed by atoms with E-state index in [9.17, 15) is 0 Å². The maximum absolute atomic E-state index is 7.48. The van der Waals surface area contributed by atoms with Crippen LogP contribution in [-0.4, -0.2) is 3.71 Å². The molecule has 0 amide bonds. The van der Waals surface area contributed by atoms with E-state index in [0.717, 1.165) is 22.3 Å². The second-order valence-electron chi connectivity index (χ2n) is 6.92. The number of fused-ring (bicyclic) bond motifs is 2. The van der Waals surface area contributed by atoms with Crippen LogP contribution in [0.4, 0.5) is 0 Å². The third kappa shape index (κ3) is 2.18. The molecule has 24 heavy (non-hydrogen) atoms. The van der Waals surface area contributed by atoms with Crippen molar-refractivity contribution in [2.24, 2.45) is 0 Å². The summed E-state index contributed by atoms with van der Waals surface area (Å²) >= 11 is -5.43. The number of halogens is 3. The fraction of sp³-hybridized carbons (Fsp3) is 0.150. The zero-order chi connectivity index (χ0) is 17.1. The molecule has 0 saturated carbocycles. The van der Waals surface area contributed by atoms with Crippen LogP contribution in [0.2, 0.25) is 0 Å². The van der Waals surface area contributed by atoms with E-state index in [-0.39, 0.29) is 7.25 Å². The van der Waals surface area contributed by atoms with Crippen molar-refractivity contribution in [3.63, 3.8) is 0 Å². The van der Waals surface area contributed by atoms with E-state index in [0.29, 0.717) is 0 Å². The van der Waals surface area contributed by atoms with Crippen LogP contribution in [0.25, 0.3) is 12.2 Å². The van der Waals surface area contributed by atoms with Crippen LogP contribution in [0, 0.1) is 0 Å². The van der Waals surface area contributed by atoms with Gasteiger partial charge in [-0.25, -0.2) is 0 Å². The average molecular weight is 456 g/mol. The van der Waals surface area contributed by atoms with Gasteiger partial charge in [-0.2, -0.15) is 0 Å². The van der Waals surface area contributed by atoms with Gasteiger partial charge in [-0.05, 0) is 0 Å². The first-order valence-corrected chi connectivity index (χ1v) is 21.9. The Hall–Kier alpha value is -0.457. The van der Waals surface area contributed by atoms with Crippen LogP contribution in [0.1, 0.15) is 36.4 Å². The molecule has 123 valence electrons. The molecule has 2 aliphatic rings. The van der Waals surface area contributed by atoms with Crippen molar-refractivity contribution in [3.8, 4) is 0 Å². The SMILES string of the molecule is C[CH]=[Zr]([Cl])([Cl])([Cl])([CH]1C=Cc2ccccc21)[CH]1C=Cc2ccccc21. The number of allylic oxidation sites excluding steroid dienone is 2. The molecule has 2 atom stereocenters. The molecule has 0 saturated heterocycles. The molecule has 4 heteroatoms. The normalized spacial score (nSPS) is 24.2. The van der Waals surface area contributed by atoms with Crippen LogP contribution in [0.5, 0.6) is 0 Å². The molecule has 0 heterocycles. The van der Waals surface area contributed by atoms with Gasteiger partial charge in [-0.1, -0.05) is 0 Å². The summed E-state index contributed by atoms with van der Waals surface area (Å²) in [5, 5.41) is 0. The first kappa shape index (κ1) is 17.0. The summed E-state index contributed by atoms with van der Waals surface area (Å²) < 4.78 is 1.61. The summed E-state index contributed by atoms with van der Waals surface area (Å²) in [5.74, 6) is 0. The topological polar surface area (TPSA) is 0 Å². The Morgan fingerprint density at radius 3 is 1.58 bits per heavy atom. The summed E-state index contributed by atoms with van der Waals surface area (Å²) in [6.45, 7) is 1.92. The predicted molar refractivity (Wildman–Crippen MR) is 106 cm³/mol. The van der Waals surface area contributed by atoms with E-state index >= 15 is 0 Å². The van der Waals surface area contributed by atoms with Gasteiger partial charge in [0.05, 0.1) is 0 Å². The summed E-state index contributed by atoms with van der Waals surface area (Å²) in [5.41, 5.74) is 4.56. The molecule has 0 spiro atoms. The van der Waals surface area contributed by atoms with Gasteiger partial charge in [-0.15, -0.1) is 0 Å². The Balaban J connectivity index is 2.00. The molecule has 4 rings (SSSR count). The quantitative estimate of drug-likeness (QED) is 0.456. The fourth-order valence-electron chi connectivity index (χ4n) is 4.20. The van der Waals surface area contributed by atoms with Crippen molar-refractivity contribution >= 4 is 41.4 Å². The fourth-order valence-corrected chi connectivity index (χ4v) is 21.1. The van der Waals surface area contributed by atoms with E-state index < -0.39 is 13.2 Å². The third-order valence-electron chi connectivity index (χ3n) is 5.68. The Morgan fingerprint density at radius 1 is 0.750 bits per heavy atom. The molecule has 0 bridgehead atoms. The molecule has 0 aromatic heterocycles. The Kier molecular flexibility index (Phi) is 3.57. The molecule has 2 unspecified atom stereocenters. The van der Waals surface area contributed by atoms with Gasteiger partial charge in [0.25, 0.3) is 0 Å². The van der Waals surface area contributed by atoms with Crippen LogP contribution < -0.4 is 0 Å². The molecular weight excluding hydrogens is 438 g/mol. The van der Waals surface area contributed by atoms with Gasteiger partial charge in [0.15, 0.2) is 0 Å². The standard InChI is InChI=1S/2C9H7.C2H4.3ClH.Zr/c2*1-2-5-9-7-3-6-8(9)4-1;1-2;;;;/h2*1-7H;1H,2H3;3*1H;/q;;;;;;+3/p-3. The second kappa shape index (κ2) is 5.04. The number of rotatable bonds is 2. The van der Waals surface area contributed by atoms with Crippen molar-refractivity contribution < 1.29 is 13.2 Å². The van der Waals surface area contributed by atoms with E-state index in [2.05, 4.69) is 48.6 Å². The Labute approximate surface area is 150 Å². The molecule has 0 N–H and O–H groups in total. The van der Waals surface area contributed by atoms with Crippen molar-refractivity contribution in [2.75, 3.05) is 0 Å². The molecule has 0 fully saturated rings. The van der Waals surface area contributed by atoms with Crippen molar-refractivity contribution in [1.82, 2.24) is 0 Å². The minimum atomic E-state index is -5.43. The van der Waals surface area contributed by atoms with E-state index in [4.69, 9.17) is 25.5 Å². The molecule has 0 nitrogen and oxygen atoms in total. The Morgan fingerprint density at radius 2 is 1.17 bits per heavy atom. The van der Waals surface area contributed by atoms with Crippen molar-refractivity contribution in [3.05, 3.63) is 82.9 Å². The van der Waals surface area contributed by atoms with E-state index in [1.54, 1.807) is 0 Å². The summed E-state index contributed by atoms with van der Waals surface area (Å²) in [6.07, 6.45) is 8.39. The number of benzene rings is 2. The first-order valence-electron chi connectivity index (χ1n) is 8.15. The van der Waals surface area contributed by atoms with Gasteiger partial charge in [0.1, 0.15) is 0 Å². The summed E-state index contributed by atoms with van der Waals surface area (Å²) in [4.78, 5) is 0. The second-order valence-corrected chi connectivity index (χ2v) is 41.5.